The molecule has 0 aromatic heterocycles. The molecule has 0 saturated heterocycles. The summed E-state index contributed by atoms with van der Waals surface area (Å²) in [6.07, 6.45) is 0. The molecule has 0 unspecified atom stereocenters. The van der Waals surface area contributed by atoms with E-state index < -0.39 is 18.5 Å². The summed E-state index contributed by atoms with van der Waals surface area (Å²) in [5.74, 6) is -0.150. The Hall–Kier alpha value is -3.53. The third-order valence-electron chi connectivity index (χ3n) is 3.41. The Labute approximate surface area is 157 Å². The van der Waals surface area contributed by atoms with Gasteiger partial charge in [-0.3, -0.25) is 4.79 Å². The quantitative estimate of drug-likeness (QED) is 0.719. The van der Waals surface area contributed by atoms with Crippen LogP contribution in [0.2, 0.25) is 0 Å². The van der Waals surface area contributed by atoms with Crippen molar-refractivity contribution in [2.75, 3.05) is 25.1 Å². The van der Waals surface area contributed by atoms with Crippen molar-refractivity contribution in [2.24, 2.45) is 0 Å². The van der Waals surface area contributed by atoms with E-state index in [0.29, 0.717) is 36.0 Å². The van der Waals surface area contributed by atoms with E-state index in [2.05, 4.69) is 5.32 Å². The third-order valence-corrected chi connectivity index (χ3v) is 3.41. The molecule has 0 aliphatic heterocycles. The van der Waals surface area contributed by atoms with E-state index in [4.69, 9.17) is 19.5 Å². The number of esters is 1. The van der Waals surface area contributed by atoms with E-state index in [1.54, 1.807) is 36.4 Å². The lowest BCUT2D eigenvalue weighted by molar-refractivity contribution is -0.119. The SMILES string of the molecule is CCOc1ccc(C(=O)OCC(=O)Nc2ccc(C#N)cc2)cc1OCC. The van der Waals surface area contributed by atoms with Crippen LogP contribution >= 0.6 is 0 Å². The smallest absolute Gasteiger partial charge is 0.338 e. The first kappa shape index (κ1) is 19.8. The van der Waals surface area contributed by atoms with Crippen LogP contribution < -0.4 is 14.8 Å². The van der Waals surface area contributed by atoms with Gasteiger partial charge in [-0.2, -0.15) is 5.26 Å². The Morgan fingerprint density at radius 2 is 1.67 bits per heavy atom. The van der Waals surface area contributed by atoms with Crippen LogP contribution in [0.3, 0.4) is 0 Å². The topological polar surface area (TPSA) is 97.6 Å². The number of nitrogens with zero attached hydrogens (tertiary/aromatic N) is 1. The number of nitriles is 1. The standard InChI is InChI=1S/C20H20N2O5/c1-3-25-17-10-7-15(11-18(17)26-4-2)20(24)27-13-19(23)22-16-8-5-14(12-21)6-9-16/h5-11H,3-4,13H2,1-2H3,(H,22,23). The van der Waals surface area contributed by atoms with Gasteiger partial charge in [-0.25, -0.2) is 4.79 Å². The summed E-state index contributed by atoms with van der Waals surface area (Å²) in [6, 6.07) is 13.0. The number of anilines is 1. The zero-order chi connectivity index (χ0) is 19.6. The van der Waals surface area contributed by atoms with Crippen LogP contribution in [-0.2, 0) is 9.53 Å². The summed E-state index contributed by atoms with van der Waals surface area (Å²) in [6.45, 7) is 4.14. The molecule has 2 aromatic carbocycles. The molecule has 0 radical (unpaired) electrons. The molecular weight excluding hydrogens is 348 g/mol. The molecule has 140 valence electrons. The van der Waals surface area contributed by atoms with Crippen molar-refractivity contribution in [3.8, 4) is 17.6 Å². The number of nitrogens with one attached hydrogen (secondary N) is 1. The second-order valence-electron chi connectivity index (χ2n) is 5.34. The Morgan fingerprint density at radius 3 is 2.30 bits per heavy atom. The van der Waals surface area contributed by atoms with Crippen LogP contribution in [0.25, 0.3) is 0 Å². The lowest BCUT2D eigenvalue weighted by Gasteiger charge is -2.12. The minimum atomic E-state index is -0.644. The first-order valence-electron chi connectivity index (χ1n) is 8.44. The molecule has 7 heteroatoms. The predicted molar refractivity (Wildman–Crippen MR) is 98.8 cm³/mol. The fraction of sp³-hybridized carbons (Fsp3) is 0.250. The van der Waals surface area contributed by atoms with E-state index in [9.17, 15) is 9.59 Å². The zero-order valence-corrected chi connectivity index (χ0v) is 15.2. The summed E-state index contributed by atoms with van der Waals surface area (Å²) in [5, 5.41) is 11.3. The molecule has 0 atom stereocenters. The summed E-state index contributed by atoms with van der Waals surface area (Å²) < 4.78 is 16.0. The summed E-state index contributed by atoms with van der Waals surface area (Å²) in [4.78, 5) is 24.1. The van der Waals surface area contributed by atoms with Crippen molar-refractivity contribution in [1.29, 1.82) is 5.26 Å². The average molecular weight is 368 g/mol. The highest BCUT2D eigenvalue weighted by atomic mass is 16.5. The highest BCUT2D eigenvalue weighted by Gasteiger charge is 2.14. The molecule has 0 fully saturated rings. The maximum absolute atomic E-state index is 12.2. The minimum Gasteiger partial charge on any atom is -0.490 e. The second kappa shape index (κ2) is 9.82. The Bertz CT molecular complexity index is 840. The van der Waals surface area contributed by atoms with Crippen molar-refractivity contribution in [1.82, 2.24) is 0 Å². The van der Waals surface area contributed by atoms with Crippen molar-refractivity contribution in [2.45, 2.75) is 13.8 Å². The Kier molecular flexibility index (Phi) is 7.20. The highest BCUT2D eigenvalue weighted by molar-refractivity contribution is 5.95. The van der Waals surface area contributed by atoms with Crippen LogP contribution in [0.15, 0.2) is 42.5 Å². The van der Waals surface area contributed by atoms with Crippen molar-refractivity contribution < 1.29 is 23.8 Å². The summed E-state index contributed by atoms with van der Waals surface area (Å²) >= 11 is 0. The first-order chi connectivity index (χ1) is 13.1. The monoisotopic (exact) mass is 368 g/mol. The number of benzene rings is 2. The van der Waals surface area contributed by atoms with E-state index >= 15 is 0 Å². The number of amides is 1. The molecule has 7 nitrogen and oxygen atoms in total. The van der Waals surface area contributed by atoms with Crippen LogP contribution in [0.4, 0.5) is 5.69 Å². The van der Waals surface area contributed by atoms with Gasteiger partial charge in [0, 0.05) is 5.69 Å². The van der Waals surface area contributed by atoms with E-state index in [1.165, 1.54) is 6.07 Å². The maximum atomic E-state index is 12.2. The number of carbonyl (C=O) groups excluding carboxylic acids is 2. The number of ether oxygens (including phenoxy) is 3. The number of hydrogen-bond acceptors (Lipinski definition) is 6. The van der Waals surface area contributed by atoms with Gasteiger partial charge in [0.15, 0.2) is 18.1 Å². The van der Waals surface area contributed by atoms with Crippen LogP contribution in [-0.4, -0.2) is 31.7 Å². The number of carbonyl (C=O) groups is 2. The normalized spacial score (nSPS) is 9.81. The van der Waals surface area contributed by atoms with Crippen LogP contribution in [0, 0.1) is 11.3 Å². The molecule has 0 bridgehead atoms. The van der Waals surface area contributed by atoms with Crippen LogP contribution in [0.5, 0.6) is 11.5 Å². The fourth-order valence-corrected chi connectivity index (χ4v) is 2.22. The molecule has 2 rings (SSSR count). The number of rotatable bonds is 8. The van der Waals surface area contributed by atoms with E-state index in [1.807, 2.05) is 19.9 Å². The maximum Gasteiger partial charge on any atom is 0.338 e. The Morgan fingerprint density at radius 1 is 1.00 bits per heavy atom. The van der Waals surface area contributed by atoms with Gasteiger partial charge in [0.05, 0.1) is 30.4 Å². The van der Waals surface area contributed by atoms with Gasteiger partial charge in [0.25, 0.3) is 5.91 Å². The molecular formula is C20H20N2O5. The van der Waals surface area contributed by atoms with E-state index in [-0.39, 0.29) is 5.56 Å². The summed E-state index contributed by atoms with van der Waals surface area (Å²) in [5.41, 5.74) is 1.25. The van der Waals surface area contributed by atoms with Gasteiger partial charge in [0.2, 0.25) is 0 Å². The van der Waals surface area contributed by atoms with Gasteiger partial charge in [-0.15, -0.1) is 0 Å². The Balaban J connectivity index is 1.94. The second-order valence-corrected chi connectivity index (χ2v) is 5.34. The summed E-state index contributed by atoms with van der Waals surface area (Å²) in [7, 11) is 0. The third kappa shape index (κ3) is 5.75. The minimum absolute atomic E-state index is 0.257. The molecule has 0 heterocycles. The molecule has 0 aliphatic carbocycles. The predicted octanol–water partition coefficient (Wildman–Crippen LogP) is 3.15. The van der Waals surface area contributed by atoms with E-state index in [0.717, 1.165) is 0 Å². The molecule has 1 N–H and O–H groups in total. The van der Waals surface area contributed by atoms with Crippen molar-refractivity contribution in [3.63, 3.8) is 0 Å². The molecule has 27 heavy (non-hydrogen) atoms. The molecule has 1 amide bonds. The highest BCUT2D eigenvalue weighted by Crippen LogP contribution is 2.28. The van der Waals surface area contributed by atoms with Crippen LogP contribution in [0.1, 0.15) is 29.8 Å². The van der Waals surface area contributed by atoms with Gasteiger partial charge in [-0.1, -0.05) is 0 Å². The lowest BCUT2D eigenvalue weighted by Crippen LogP contribution is -2.21. The van der Waals surface area contributed by atoms with Gasteiger partial charge >= 0.3 is 5.97 Å². The molecule has 2 aromatic rings. The van der Waals surface area contributed by atoms with Gasteiger partial charge in [0.1, 0.15) is 0 Å². The molecule has 0 aliphatic rings. The van der Waals surface area contributed by atoms with Crippen molar-refractivity contribution >= 4 is 17.6 Å². The van der Waals surface area contributed by atoms with Crippen molar-refractivity contribution in [3.05, 3.63) is 53.6 Å². The fourth-order valence-electron chi connectivity index (χ4n) is 2.22. The average Bonchev–Trinajstić information content (AvgIpc) is 2.68. The largest absolute Gasteiger partial charge is 0.490 e. The zero-order valence-electron chi connectivity index (χ0n) is 15.2. The first-order valence-corrected chi connectivity index (χ1v) is 8.44. The lowest BCUT2D eigenvalue weighted by atomic mass is 10.2. The van der Waals surface area contributed by atoms with Gasteiger partial charge < -0.3 is 19.5 Å². The molecule has 0 saturated carbocycles. The van der Waals surface area contributed by atoms with Gasteiger partial charge in [-0.05, 0) is 56.3 Å². The number of hydrogen-bond donors (Lipinski definition) is 1. The molecule has 0 spiro atoms.